The van der Waals surface area contributed by atoms with Gasteiger partial charge in [-0.1, -0.05) is 34.5 Å². The number of benzene rings is 2. The molecule has 8 heteroatoms. The fourth-order valence-electron chi connectivity index (χ4n) is 3.57. The molecule has 2 aromatic carbocycles. The van der Waals surface area contributed by atoms with Crippen LogP contribution in [0, 0.1) is 0 Å². The van der Waals surface area contributed by atoms with Gasteiger partial charge < -0.3 is 5.32 Å². The molecule has 2 heterocycles. The van der Waals surface area contributed by atoms with Crippen LogP contribution in [0.3, 0.4) is 0 Å². The number of halogens is 1. The van der Waals surface area contributed by atoms with Crippen molar-refractivity contribution in [3.05, 3.63) is 76.5 Å². The molecule has 1 aromatic heterocycles. The van der Waals surface area contributed by atoms with Crippen LogP contribution >= 0.6 is 15.9 Å². The van der Waals surface area contributed by atoms with E-state index in [1.54, 1.807) is 16.4 Å². The maximum Gasteiger partial charge on any atom is 0.243 e. The van der Waals surface area contributed by atoms with Crippen LogP contribution in [0.2, 0.25) is 0 Å². The summed E-state index contributed by atoms with van der Waals surface area (Å²) < 4.78 is 30.0. The second kappa shape index (κ2) is 9.43. The summed E-state index contributed by atoms with van der Waals surface area (Å²) in [5.74, 6) is 0. The van der Waals surface area contributed by atoms with Gasteiger partial charge in [-0.25, -0.2) is 13.1 Å². The third-order valence-electron chi connectivity index (χ3n) is 5.26. The molecule has 30 heavy (non-hydrogen) atoms. The summed E-state index contributed by atoms with van der Waals surface area (Å²) in [4.78, 5) is 0.379. The van der Waals surface area contributed by atoms with Crippen LogP contribution in [0.15, 0.2) is 70.3 Å². The zero-order valence-corrected chi connectivity index (χ0v) is 19.1. The molecule has 0 radical (unpaired) electrons. The predicted octanol–water partition coefficient (Wildman–Crippen LogP) is 4.10. The van der Waals surface area contributed by atoms with E-state index in [9.17, 15) is 8.42 Å². The van der Waals surface area contributed by atoms with Crippen molar-refractivity contribution in [2.45, 2.75) is 37.2 Å². The lowest BCUT2D eigenvalue weighted by molar-refractivity contribution is 0.346. The van der Waals surface area contributed by atoms with Gasteiger partial charge in [0.05, 0.1) is 16.8 Å². The summed E-state index contributed by atoms with van der Waals surface area (Å²) in [6, 6.07) is 15.2. The smallest absolute Gasteiger partial charge is 0.243 e. The van der Waals surface area contributed by atoms with Gasteiger partial charge in [-0.05, 0) is 54.8 Å². The molecule has 1 fully saturated rings. The first kappa shape index (κ1) is 21.2. The largest absolute Gasteiger partial charge is 0.309 e. The van der Waals surface area contributed by atoms with Crippen LogP contribution in [0.25, 0.3) is 5.69 Å². The molecule has 4 rings (SSSR count). The van der Waals surface area contributed by atoms with Gasteiger partial charge in [0.2, 0.25) is 10.0 Å². The summed E-state index contributed by atoms with van der Waals surface area (Å²) in [7, 11) is -3.37. The molecule has 0 amide bonds. The van der Waals surface area contributed by atoms with Gasteiger partial charge in [0, 0.05) is 42.4 Å². The number of piperidine rings is 1. The Kier molecular flexibility index (Phi) is 6.67. The van der Waals surface area contributed by atoms with Gasteiger partial charge in [0.1, 0.15) is 0 Å². The molecule has 0 spiro atoms. The molecule has 1 aliphatic rings. The van der Waals surface area contributed by atoms with Gasteiger partial charge in [-0.15, -0.1) is 0 Å². The molecule has 0 bridgehead atoms. The molecular formula is C22H25BrN4O2S. The minimum atomic E-state index is -3.37. The van der Waals surface area contributed by atoms with Gasteiger partial charge in [0.25, 0.3) is 0 Å². The Labute approximate surface area is 186 Å². The van der Waals surface area contributed by atoms with E-state index >= 15 is 0 Å². The summed E-state index contributed by atoms with van der Waals surface area (Å²) >= 11 is 3.44. The molecular weight excluding hydrogens is 464 g/mol. The molecule has 1 aliphatic heterocycles. The lowest BCUT2D eigenvalue weighted by atomic mass is 10.2. The molecule has 0 aliphatic carbocycles. The molecule has 1 N–H and O–H groups in total. The Balaban J connectivity index is 1.32. The Hall–Kier alpha value is -2.00. The SMILES string of the molecule is O=S(=O)(c1ccc(CNCc2cnn(-c3ccc(Br)cc3)c2)cc1)N1CCCCC1. The molecule has 0 atom stereocenters. The van der Waals surface area contributed by atoms with E-state index in [-0.39, 0.29) is 0 Å². The molecule has 0 unspecified atom stereocenters. The summed E-state index contributed by atoms with van der Waals surface area (Å²) in [6.45, 7) is 2.59. The van der Waals surface area contributed by atoms with E-state index in [1.807, 2.05) is 53.5 Å². The summed E-state index contributed by atoms with van der Waals surface area (Å²) in [5.41, 5.74) is 3.14. The van der Waals surface area contributed by atoms with E-state index in [4.69, 9.17) is 0 Å². The highest BCUT2D eigenvalue weighted by molar-refractivity contribution is 9.10. The van der Waals surface area contributed by atoms with Crippen LogP contribution in [-0.2, 0) is 23.1 Å². The van der Waals surface area contributed by atoms with Crippen molar-refractivity contribution in [3.8, 4) is 5.69 Å². The Bertz CT molecular complexity index is 1070. The van der Waals surface area contributed by atoms with E-state index in [2.05, 4.69) is 26.3 Å². The first-order valence-electron chi connectivity index (χ1n) is 10.1. The molecule has 3 aromatic rings. The zero-order chi connectivity index (χ0) is 21.0. The van der Waals surface area contributed by atoms with Gasteiger partial charge in [-0.3, -0.25) is 0 Å². The maximum atomic E-state index is 12.7. The minimum Gasteiger partial charge on any atom is -0.309 e. The third kappa shape index (κ3) is 5.00. The average Bonchev–Trinajstić information content (AvgIpc) is 3.24. The van der Waals surface area contributed by atoms with Gasteiger partial charge >= 0.3 is 0 Å². The second-order valence-electron chi connectivity index (χ2n) is 7.48. The third-order valence-corrected chi connectivity index (χ3v) is 7.70. The highest BCUT2D eigenvalue weighted by atomic mass is 79.9. The fourth-order valence-corrected chi connectivity index (χ4v) is 5.35. The standard InChI is InChI=1S/C22H25BrN4O2S/c23-20-6-8-21(9-7-20)27-17-19(16-25-27)15-24-14-18-4-10-22(11-5-18)30(28,29)26-12-2-1-3-13-26/h4-11,16-17,24H,1-3,12-15H2. The number of nitrogens with zero attached hydrogens (tertiary/aromatic N) is 3. The monoisotopic (exact) mass is 488 g/mol. The molecule has 6 nitrogen and oxygen atoms in total. The van der Waals surface area contributed by atoms with Gasteiger partial charge in [0.15, 0.2) is 0 Å². The first-order valence-corrected chi connectivity index (χ1v) is 12.3. The minimum absolute atomic E-state index is 0.379. The number of hydrogen-bond acceptors (Lipinski definition) is 4. The normalized spacial score (nSPS) is 15.4. The fraction of sp³-hybridized carbons (Fsp3) is 0.318. The topological polar surface area (TPSA) is 67.2 Å². The zero-order valence-electron chi connectivity index (χ0n) is 16.7. The molecule has 1 saturated heterocycles. The van der Waals surface area contributed by atoms with E-state index in [1.165, 1.54) is 0 Å². The quantitative estimate of drug-likeness (QED) is 0.543. The van der Waals surface area contributed by atoms with Crippen molar-refractivity contribution in [2.24, 2.45) is 0 Å². The van der Waals surface area contributed by atoms with Crippen molar-refractivity contribution in [2.75, 3.05) is 13.1 Å². The number of sulfonamides is 1. The van der Waals surface area contributed by atoms with Crippen molar-refractivity contribution in [1.29, 1.82) is 0 Å². The van der Waals surface area contributed by atoms with Crippen LogP contribution in [0.5, 0.6) is 0 Å². The number of aromatic nitrogens is 2. The van der Waals surface area contributed by atoms with Crippen LogP contribution in [-0.4, -0.2) is 35.6 Å². The maximum absolute atomic E-state index is 12.7. The van der Waals surface area contributed by atoms with Crippen molar-refractivity contribution in [3.63, 3.8) is 0 Å². The molecule has 0 saturated carbocycles. The van der Waals surface area contributed by atoms with Crippen LogP contribution in [0.4, 0.5) is 0 Å². The van der Waals surface area contributed by atoms with E-state index < -0.39 is 10.0 Å². The van der Waals surface area contributed by atoms with Crippen LogP contribution < -0.4 is 5.32 Å². The highest BCUT2D eigenvalue weighted by Crippen LogP contribution is 2.21. The van der Waals surface area contributed by atoms with E-state index in [0.29, 0.717) is 31.1 Å². The lowest BCUT2D eigenvalue weighted by Gasteiger charge is -2.25. The Morgan fingerprint density at radius 2 is 1.57 bits per heavy atom. The summed E-state index contributed by atoms with van der Waals surface area (Å²) in [6.07, 6.45) is 6.85. The molecule has 158 valence electrons. The van der Waals surface area contributed by atoms with Crippen LogP contribution in [0.1, 0.15) is 30.4 Å². The summed E-state index contributed by atoms with van der Waals surface area (Å²) in [5, 5.41) is 7.81. The Morgan fingerprint density at radius 1 is 0.900 bits per heavy atom. The Morgan fingerprint density at radius 3 is 2.27 bits per heavy atom. The van der Waals surface area contributed by atoms with Crippen molar-refractivity contribution < 1.29 is 8.42 Å². The van der Waals surface area contributed by atoms with Crippen molar-refractivity contribution >= 4 is 26.0 Å². The number of rotatable bonds is 7. The predicted molar refractivity (Wildman–Crippen MR) is 121 cm³/mol. The number of hydrogen-bond donors (Lipinski definition) is 1. The lowest BCUT2D eigenvalue weighted by Crippen LogP contribution is -2.35. The average molecular weight is 489 g/mol. The van der Waals surface area contributed by atoms with E-state index in [0.717, 1.165) is 40.5 Å². The number of nitrogens with one attached hydrogen (secondary N) is 1. The first-order chi connectivity index (χ1) is 14.5. The highest BCUT2D eigenvalue weighted by Gasteiger charge is 2.25. The van der Waals surface area contributed by atoms with Crippen molar-refractivity contribution in [1.82, 2.24) is 19.4 Å². The van der Waals surface area contributed by atoms with Gasteiger partial charge in [-0.2, -0.15) is 9.40 Å². The second-order valence-corrected chi connectivity index (χ2v) is 10.3.